The highest BCUT2D eigenvalue weighted by molar-refractivity contribution is 6.02. The van der Waals surface area contributed by atoms with E-state index in [9.17, 15) is 48.6 Å². The van der Waals surface area contributed by atoms with Crippen LogP contribution in [0.1, 0.15) is 243 Å². The molecular formula is C79H114N4O12. The minimum Gasteiger partial charge on any atom is -0.481 e. The molecule has 0 aromatic heterocycles. The first-order valence-electron chi connectivity index (χ1n) is 35.4. The predicted octanol–water partition coefficient (Wildman–Crippen LogP) is 16.5. The van der Waals surface area contributed by atoms with E-state index in [2.05, 4.69) is 49.0 Å². The number of carbonyl (C=O) groups is 8. The summed E-state index contributed by atoms with van der Waals surface area (Å²) in [5, 5.41) is 31.2. The zero-order chi connectivity index (χ0) is 69.5. The third kappa shape index (κ3) is 24.2. The molecule has 4 fully saturated rings. The van der Waals surface area contributed by atoms with Crippen LogP contribution in [0.25, 0.3) is 0 Å². The van der Waals surface area contributed by atoms with Gasteiger partial charge >= 0.3 is 35.9 Å². The van der Waals surface area contributed by atoms with Crippen molar-refractivity contribution in [1.29, 1.82) is 0 Å². The van der Waals surface area contributed by atoms with E-state index >= 15 is 0 Å². The highest BCUT2D eigenvalue weighted by Gasteiger charge is 2.44. The number of ether oxygens (including phenoxy) is 2. The maximum absolute atomic E-state index is 13.8. The van der Waals surface area contributed by atoms with Gasteiger partial charge in [-0.3, -0.25) is 28.8 Å². The SMILES string of the molecule is CC(C=CC=C(C)C=CC1=C(C)C(=O)C(OC(=O)CCC2(CNC(=O)NCC3(CC(=O)O)CCCCC3)CCCCC2)CC1(C)C)=CC=CC=C(C)C=CC=C(C)C=CC1=C(C)C(=O)C(OC(=O)CC2(CNC(=O)NCC3(CC(=O)O)CCCCC3)CCCCC2)CC1(C)C. The maximum atomic E-state index is 13.8. The van der Waals surface area contributed by atoms with Gasteiger partial charge in [-0.05, 0) is 154 Å². The van der Waals surface area contributed by atoms with Crippen LogP contribution in [0.2, 0.25) is 0 Å². The van der Waals surface area contributed by atoms with Crippen LogP contribution in [0.15, 0.2) is 130 Å². The Morgan fingerprint density at radius 3 is 1.09 bits per heavy atom. The maximum Gasteiger partial charge on any atom is 0.314 e. The van der Waals surface area contributed by atoms with Crippen molar-refractivity contribution in [3.63, 3.8) is 0 Å². The van der Waals surface area contributed by atoms with Crippen molar-refractivity contribution in [2.24, 2.45) is 32.5 Å². The van der Waals surface area contributed by atoms with Crippen LogP contribution in [0.3, 0.4) is 0 Å². The molecule has 16 nitrogen and oxygen atoms in total. The Morgan fingerprint density at radius 1 is 0.432 bits per heavy atom. The molecule has 6 N–H and O–H groups in total. The average Bonchev–Trinajstić information content (AvgIpc) is 0.789. The summed E-state index contributed by atoms with van der Waals surface area (Å²) in [4.78, 5) is 104. The fraction of sp³-hybridized carbons (Fsp3) is 0.620. The summed E-state index contributed by atoms with van der Waals surface area (Å²) in [6.07, 6.45) is 46.5. The molecule has 95 heavy (non-hydrogen) atoms. The first-order valence-corrected chi connectivity index (χ1v) is 35.4. The number of ketones is 2. The summed E-state index contributed by atoms with van der Waals surface area (Å²) in [5.74, 6) is -2.91. The van der Waals surface area contributed by atoms with Gasteiger partial charge in [-0.2, -0.15) is 0 Å². The van der Waals surface area contributed by atoms with Crippen molar-refractivity contribution < 1.29 is 58.0 Å². The number of urea groups is 2. The van der Waals surface area contributed by atoms with Gasteiger partial charge in [0.05, 0.1) is 19.3 Å². The van der Waals surface area contributed by atoms with Crippen LogP contribution in [0, 0.1) is 32.5 Å². The predicted molar refractivity (Wildman–Crippen MR) is 376 cm³/mol. The van der Waals surface area contributed by atoms with E-state index in [4.69, 9.17) is 9.47 Å². The summed E-state index contributed by atoms with van der Waals surface area (Å²) in [5.41, 5.74) is 4.63. The molecule has 0 aromatic rings. The Morgan fingerprint density at radius 2 is 0.737 bits per heavy atom. The van der Waals surface area contributed by atoms with Crippen molar-refractivity contribution in [3.05, 3.63) is 130 Å². The number of hydrogen-bond donors (Lipinski definition) is 6. The Bertz CT molecular complexity index is 3110. The van der Waals surface area contributed by atoms with Crippen LogP contribution in [-0.4, -0.2) is 96.1 Å². The van der Waals surface area contributed by atoms with Crippen molar-refractivity contribution in [2.45, 2.75) is 255 Å². The molecule has 0 aromatic carbocycles. The van der Waals surface area contributed by atoms with Gasteiger partial charge in [0.2, 0.25) is 0 Å². The number of amides is 4. The molecule has 522 valence electrons. The number of carboxylic acids is 2. The number of allylic oxidation sites excluding steroid dienone is 20. The molecule has 2 unspecified atom stereocenters. The Hall–Kier alpha value is -7.10. The van der Waals surface area contributed by atoms with Crippen LogP contribution < -0.4 is 21.3 Å². The summed E-state index contributed by atoms with van der Waals surface area (Å²) < 4.78 is 12.0. The second kappa shape index (κ2) is 35.8. The molecule has 4 saturated carbocycles. The summed E-state index contributed by atoms with van der Waals surface area (Å²) in [6.45, 7) is 21.3. The zero-order valence-corrected chi connectivity index (χ0v) is 59.1. The number of carbonyl (C=O) groups excluding carboxylic acids is 6. The molecule has 0 heterocycles. The number of aliphatic carboxylic acids is 2. The van der Waals surface area contributed by atoms with Crippen LogP contribution in [0.4, 0.5) is 9.59 Å². The van der Waals surface area contributed by atoms with Crippen LogP contribution in [0.5, 0.6) is 0 Å². The monoisotopic (exact) mass is 1310 g/mol. The molecule has 4 amide bonds. The lowest BCUT2D eigenvalue weighted by Gasteiger charge is -2.39. The van der Waals surface area contributed by atoms with Gasteiger partial charge in [-0.15, -0.1) is 0 Å². The molecule has 6 aliphatic rings. The standard InChI is InChI=1S/C79H114N4O12/c1-56(29-25-31-58(3)33-35-62-60(5)70(90)64(47-74(62,7)8)94-68(88)37-46-76(38-17-11-18-39-76)52-80-72(92)81-53-77(49-66(84)85)40-19-12-20-41-77)27-15-16-28-57(2)30-26-32-59(4)34-36-63-61(6)71(91)65(48-75(63,9)10)95-69(89)51-79(44-23-14-24-45-79)55-83-73(93)82-54-78(50-67(86)87)42-21-13-22-43-78/h15-16,25-36,64-65H,11-14,17-24,37-55H2,1-10H3,(H,84,85)(H,86,87)(H2,80,81,92)(H2,82,83,93). The zero-order valence-electron chi connectivity index (χ0n) is 59.1. The lowest BCUT2D eigenvalue weighted by atomic mass is 9.70. The van der Waals surface area contributed by atoms with Crippen LogP contribution >= 0.6 is 0 Å². The fourth-order valence-corrected chi connectivity index (χ4v) is 15.7. The lowest BCUT2D eigenvalue weighted by Crippen LogP contribution is -2.48. The number of Topliss-reactive ketones (excluding diaryl/α,β-unsaturated/α-hetero) is 2. The summed E-state index contributed by atoms with van der Waals surface area (Å²) in [7, 11) is 0. The lowest BCUT2D eigenvalue weighted by molar-refractivity contribution is -0.159. The first kappa shape index (κ1) is 76.9. The van der Waals surface area contributed by atoms with Crippen molar-refractivity contribution in [3.8, 4) is 0 Å². The highest BCUT2D eigenvalue weighted by Crippen LogP contribution is 2.46. The highest BCUT2D eigenvalue weighted by atomic mass is 16.6. The quantitative estimate of drug-likeness (QED) is 0.0303. The normalized spacial score (nSPS) is 23.3. The van der Waals surface area contributed by atoms with Crippen molar-refractivity contribution in [2.75, 3.05) is 26.2 Å². The number of nitrogens with one attached hydrogen (secondary N) is 4. The molecule has 0 bridgehead atoms. The molecular weight excluding hydrogens is 1200 g/mol. The smallest absolute Gasteiger partial charge is 0.314 e. The Labute approximate surface area is 567 Å². The first-order chi connectivity index (χ1) is 45.0. The number of hydrogen-bond acceptors (Lipinski definition) is 10. The summed E-state index contributed by atoms with van der Waals surface area (Å²) in [6, 6.07) is -0.664. The minimum atomic E-state index is -0.898. The molecule has 2 atom stereocenters. The molecule has 0 saturated heterocycles. The van der Waals surface area contributed by atoms with Crippen LogP contribution in [-0.2, 0) is 38.2 Å². The minimum absolute atomic E-state index is 0.0296. The summed E-state index contributed by atoms with van der Waals surface area (Å²) >= 11 is 0. The van der Waals surface area contributed by atoms with Gasteiger partial charge in [0.15, 0.2) is 23.8 Å². The van der Waals surface area contributed by atoms with Gasteiger partial charge in [-0.1, -0.05) is 212 Å². The Balaban J connectivity index is 0.934. The van der Waals surface area contributed by atoms with Crippen molar-refractivity contribution in [1.82, 2.24) is 21.3 Å². The number of carboxylic acid groups (broad SMARTS) is 2. The molecule has 16 heteroatoms. The average molecular weight is 1310 g/mol. The van der Waals surface area contributed by atoms with E-state index in [1.807, 2.05) is 120 Å². The Kier molecular flexibility index (Phi) is 29.0. The van der Waals surface area contributed by atoms with E-state index in [1.54, 1.807) is 6.92 Å². The number of rotatable bonds is 29. The van der Waals surface area contributed by atoms with E-state index in [0.717, 1.165) is 162 Å². The van der Waals surface area contributed by atoms with Gasteiger partial charge in [-0.25, -0.2) is 9.59 Å². The van der Waals surface area contributed by atoms with Crippen molar-refractivity contribution >= 4 is 47.5 Å². The molecule has 6 rings (SSSR count). The third-order valence-corrected chi connectivity index (χ3v) is 21.4. The van der Waals surface area contributed by atoms with E-state index in [0.29, 0.717) is 56.6 Å². The van der Waals surface area contributed by atoms with Gasteiger partial charge in [0.25, 0.3) is 0 Å². The largest absolute Gasteiger partial charge is 0.481 e. The molecule has 0 radical (unpaired) electrons. The van der Waals surface area contributed by atoms with E-state index < -0.39 is 63.2 Å². The third-order valence-electron chi connectivity index (χ3n) is 21.4. The van der Waals surface area contributed by atoms with E-state index in [-0.39, 0.29) is 54.7 Å². The fourth-order valence-electron chi connectivity index (χ4n) is 15.7. The van der Waals surface area contributed by atoms with Gasteiger partial charge < -0.3 is 41.0 Å². The van der Waals surface area contributed by atoms with Gasteiger partial charge in [0.1, 0.15) is 0 Å². The molecule has 6 aliphatic carbocycles. The topological polar surface area (TPSA) is 244 Å². The van der Waals surface area contributed by atoms with E-state index in [1.165, 1.54) is 0 Å². The van der Waals surface area contributed by atoms with Gasteiger partial charge in [0, 0.05) is 45.4 Å². The molecule has 0 aliphatic heterocycles. The molecule has 0 spiro atoms. The number of esters is 2. The second-order valence-electron chi connectivity index (χ2n) is 30.5. The second-order valence-corrected chi connectivity index (χ2v) is 30.5.